The third-order valence-electron chi connectivity index (χ3n) is 5.63. The molecule has 0 aromatic rings. The molecule has 4 atom stereocenters. The van der Waals surface area contributed by atoms with Crippen molar-refractivity contribution < 1.29 is 9.59 Å². The lowest BCUT2D eigenvalue weighted by atomic mass is 9.88. The summed E-state index contributed by atoms with van der Waals surface area (Å²) in [6.07, 6.45) is 4.33. The van der Waals surface area contributed by atoms with Gasteiger partial charge in [-0.25, -0.2) is 0 Å². The van der Waals surface area contributed by atoms with Crippen molar-refractivity contribution >= 4 is 11.8 Å². The van der Waals surface area contributed by atoms with Crippen molar-refractivity contribution in [1.82, 2.24) is 10.2 Å². The van der Waals surface area contributed by atoms with Crippen LogP contribution in [0.3, 0.4) is 0 Å². The molecule has 2 amide bonds. The second kappa shape index (κ2) is 4.22. The highest BCUT2D eigenvalue weighted by Gasteiger charge is 2.54. The van der Waals surface area contributed by atoms with Crippen LogP contribution < -0.4 is 5.32 Å². The molecule has 2 aliphatic carbocycles. The standard InChI is InChI=1S/C15H24N2O2/c1-9-4-7-12(10(9)2)17-8-13(18)16-15(3,14(17)19)11-5-6-11/h9-12H,4-8H2,1-3H3,(H,16,18). The highest BCUT2D eigenvalue weighted by molar-refractivity contribution is 5.98. The molecule has 0 aromatic heterocycles. The molecule has 1 heterocycles. The summed E-state index contributed by atoms with van der Waals surface area (Å²) in [5, 5.41) is 2.95. The van der Waals surface area contributed by atoms with E-state index in [-0.39, 0.29) is 24.4 Å². The van der Waals surface area contributed by atoms with E-state index >= 15 is 0 Å². The van der Waals surface area contributed by atoms with Gasteiger partial charge in [-0.1, -0.05) is 13.8 Å². The van der Waals surface area contributed by atoms with Crippen LogP contribution in [0.5, 0.6) is 0 Å². The molecule has 0 bridgehead atoms. The van der Waals surface area contributed by atoms with Crippen molar-refractivity contribution in [2.75, 3.05) is 6.54 Å². The van der Waals surface area contributed by atoms with Crippen LogP contribution in [-0.4, -0.2) is 34.8 Å². The number of nitrogens with one attached hydrogen (secondary N) is 1. The fourth-order valence-corrected chi connectivity index (χ4v) is 3.89. The molecule has 106 valence electrons. The molecule has 0 aromatic carbocycles. The molecule has 4 nitrogen and oxygen atoms in total. The average molecular weight is 264 g/mol. The number of rotatable bonds is 2. The number of amides is 2. The maximum absolute atomic E-state index is 12.8. The Balaban J connectivity index is 1.84. The largest absolute Gasteiger partial charge is 0.340 e. The summed E-state index contributed by atoms with van der Waals surface area (Å²) in [5.74, 6) is 1.66. The molecule has 4 heteroatoms. The van der Waals surface area contributed by atoms with Crippen LogP contribution in [0.1, 0.15) is 46.5 Å². The van der Waals surface area contributed by atoms with Gasteiger partial charge in [0.1, 0.15) is 5.54 Å². The zero-order chi connectivity index (χ0) is 13.8. The molecule has 0 radical (unpaired) electrons. The highest BCUT2D eigenvalue weighted by atomic mass is 16.2. The van der Waals surface area contributed by atoms with Gasteiger partial charge < -0.3 is 10.2 Å². The van der Waals surface area contributed by atoms with Crippen molar-refractivity contribution in [2.24, 2.45) is 17.8 Å². The summed E-state index contributed by atoms with van der Waals surface area (Å²) in [6.45, 7) is 6.64. The Morgan fingerprint density at radius 1 is 1.16 bits per heavy atom. The van der Waals surface area contributed by atoms with E-state index in [0.29, 0.717) is 17.8 Å². The smallest absolute Gasteiger partial charge is 0.249 e. The minimum Gasteiger partial charge on any atom is -0.340 e. The lowest BCUT2D eigenvalue weighted by molar-refractivity contribution is -0.153. The van der Waals surface area contributed by atoms with Crippen molar-refractivity contribution in [3.05, 3.63) is 0 Å². The van der Waals surface area contributed by atoms with Crippen LogP contribution in [0.2, 0.25) is 0 Å². The first-order chi connectivity index (χ1) is 8.93. The van der Waals surface area contributed by atoms with Crippen LogP contribution in [0.4, 0.5) is 0 Å². The van der Waals surface area contributed by atoms with E-state index in [1.165, 1.54) is 0 Å². The predicted molar refractivity (Wildman–Crippen MR) is 72.3 cm³/mol. The summed E-state index contributed by atoms with van der Waals surface area (Å²) in [5.41, 5.74) is -0.638. The monoisotopic (exact) mass is 264 g/mol. The molecule has 3 rings (SSSR count). The molecule has 3 aliphatic rings. The van der Waals surface area contributed by atoms with Crippen molar-refractivity contribution in [1.29, 1.82) is 0 Å². The summed E-state index contributed by atoms with van der Waals surface area (Å²) in [7, 11) is 0. The number of hydrogen-bond donors (Lipinski definition) is 1. The lowest BCUT2D eigenvalue weighted by Gasteiger charge is -2.44. The van der Waals surface area contributed by atoms with E-state index in [2.05, 4.69) is 19.2 Å². The first kappa shape index (κ1) is 12.9. The Morgan fingerprint density at radius 2 is 1.84 bits per heavy atom. The third-order valence-corrected chi connectivity index (χ3v) is 5.63. The summed E-state index contributed by atoms with van der Waals surface area (Å²) < 4.78 is 0. The zero-order valence-electron chi connectivity index (χ0n) is 12.1. The Hall–Kier alpha value is -1.06. The second-order valence-corrected chi connectivity index (χ2v) is 6.94. The molecule has 4 unspecified atom stereocenters. The van der Waals surface area contributed by atoms with Gasteiger partial charge in [0.05, 0.1) is 6.54 Å². The highest BCUT2D eigenvalue weighted by Crippen LogP contribution is 2.43. The van der Waals surface area contributed by atoms with Crippen molar-refractivity contribution in [3.63, 3.8) is 0 Å². The van der Waals surface area contributed by atoms with Gasteiger partial charge >= 0.3 is 0 Å². The first-order valence-corrected chi connectivity index (χ1v) is 7.55. The van der Waals surface area contributed by atoms with Gasteiger partial charge in [-0.2, -0.15) is 0 Å². The number of nitrogens with zero attached hydrogens (tertiary/aromatic N) is 1. The van der Waals surface area contributed by atoms with Gasteiger partial charge in [-0.05, 0) is 50.4 Å². The van der Waals surface area contributed by atoms with Gasteiger partial charge in [0.25, 0.3) is 0 Å². The zero-order valence-corrected chi connectivity index (χ0v) is 12.1. The summed E-state index contributed by atoms with van der Waals surface area (Å²) in [4.78, 5) is 26.7. The van der Waals surface area contributed by atoms with Gasteiger partial charge in [-0.15, -0.1) is 0 Å². The first-order valence-electron chi connectivity index (χ1n) is 7.55. The quantitative estimate of drug-likeness (QED) is 0.822. The Labute approximate surface area is 114 Å². The molecule has 0 spiro atoms. The summed E-state index contributed by atoms with van der Waals surface area (Å²) in [6, 6.07) is 0.256. The van der Waals surface area contributed by atoms with Gasteiger partial charge in [0.15, 0.2) is 0 Å². The summed E-state index contributed by atoms with van der Waals surface area (Å²) >= 11 is 0. The van der Waals surface area contributed by atoms with E-state index in [9.17, 15) is 9.59 Å². The van der Waals surface area contributed by atoms with Crippen molar-refractivity contribution in [3.8, 4) is 0 Å². The molecule has 1 N–H and O–H groups in total. The van der Waals surface area contributed by atoms with Crippen molar-refractivity contribution in [2.45, 2.75) is 58.0 Å². The van der Waals surface area contributed by atoms with Crippen LogP contribution in [-0.2, 0) is 9.59 Å². The molecule has 1 saturated heterocycles. The number of carbonyl (C=O) groups excluding carboxylic acids is 2. The molecule has 3 fully saturated rings. The van der Waals surface area contributed by atoms with Gasteiger partial charge in [0.2, 0.25) is 11.8 Å². The van der Waals surface area contributed by atoms with E-state index < -0.39 is 5.54 Å². The molecule has 1 aliphatic heterocycles. The second-order valence-electron chi connectivity index (χ2n) is 6.94. The maximum Gasteiger partial charge on any atom is 0.249 e. The number of carbonyl (C=O) groups is 2. The third kappa shape index (κ3) is 1.96. The normalized spacial score (nSPS) is 43.5. The Bertz CT molecular complexity index is 418. The van der Waals surface area contributed by atoms with Gasteiger partial charge in [-0.3, -0.25) is 9.59 Å². The van der Waals surface area contributed by atoms with Crippen LogP contribution >= 0.6 is 0 Å². The SMILES string of the molecule is CC1CCC(N2CC(=O)NC(C)(C3CC3)C2=O)C1C. The van der Waals surface area contributed by atoms with Crippen LogP contribution in [0, 0.1) is 17.8 Å². The van der Waals surface area contributed by atoms with E-state index in [1.807, 2.05) is 11.8 Å². The fourth-order valence-electron chi connectivity index (χ4n) is 3.89. The molecular formula is C15H24N2O2. The lowest BCUT2D eigenvalue weighted by Crippen LogP contribution is -2.68. The number of hydrogen-bond acceptors (Lipinski definition) is 2. The predicted octanol–water partition coefficient (Wildman–Crippen LogP) is 1.55. The van der Waals surface area contributed by atoms with Gasteiger partial charge in [0, 0.05) is 6.04 Å². The fraction of sp³-hybridized carbons (Fsp3) is 0.867. The molecule has 2 saturated carbocycles. The number of piperazine rings is 1. The minimum atomic E-state index is -0.638. The minimum absolute atomic E-state index is 0.0146. The molecular weight excluding hydrogens is 240 g/mol. The Kier molecular flexibility index (Phi) is 2.88. The van der Waals surface area contributed by atoms with E-state index in [0.717, 1.165) is 25.7 Å². The Morgan fingerprint density at radius 3 is 2.37 bits per heavy atom. The maximum atomic E-state index is 12.8. The molecule has 19 heavy (non-hydrogen) atoms. The van der Waals surface area contributed by atoms with Crippen LogP contribution in [0.15, 0.2) is 0 Å². The van der Waals surface area contributed by atoms with E-state index in [4.69, 9.17) is 0 Å². The van der Waals surface area contributed by atoms with Crippen LogP contribution in [0.25, 0.3) is 0 Å². The topological polar surface area (TPSA) is 49.4 Å². The average Bonchev–Trinajstić information content (AvgIpc) is 3.14. The van der Waals surface area contributed by atoms with E-state index in [1.54, 1.807) is 0 Å².